The summed E-state index contributed by atoms with van der Waals surface area (Å²) in [7, 11) is 1.70. The summed E-state index contributed by atoms with van der Waals surface area (Å²) in [6.07, 6.45) is 0.932. The third-order valence-corrected chi connectivity index (χ3v) is 2.64. The van der Waals surface area contributed by atoms with Gasteiger partial charge in [0.2, 0.25) is 0 Å². The maximum Gasteiger partial charge on any atom is 0.0741 e. The van der Waals surface area contributed by atoms with Crippen molar-refractivity contribution in [1.82, 2.24) is 5.32 Å². The van der Waals surface area contributed by atoms with Crippen LogP contribution in [0.15, 0.2) is 0 Å². The standard InChI is InChI=1S/C10H23NO2/c1-6-10(4,12)7-11-8(2)9(3)13-5/h8-9,11-12H,6-7H2,1-5H3. The number of methoxy groups -OCH3 is 1. The van der Waals surface area contributed by atoms with Crippen molar-refractivity contribution in [3.8, 4) is 0 Å². The van der Waals surface area contributed by atoms with Crippen LogP contribution in [-0.4, -0.2) is 36.5 Å². The van der Waals surface area contributed by atoms with Crippen LogP contribution in [0.2, 0.25) is 0 Å². The second-order valence-corrected chi connectivity index (χ2v) is 3.96. The first-order valence-corrected chi connectivity index (χ1v) is 4.91. The van der Waals surface area contributed by atoms with Gasteiger partial charge in [-0.2, -0.15) is 0 Å². The molecule has 0 radical (unpaired) electrons. The first kappa shape index (κ1) is 12.9. The largest absolute Gasteiger partial charge is 0.389 e. The zero-order valence-corrected chi connectivity index (χ0v) is 9.42. The molecule has 0 aliphatic rings. The Kier molecular flexibility index (Phi) is 5.53. The zero-order chi connectivity index (χ0) is 10.5. The monoisotopic (exact) mass is 189 g/mol. The van der Waals surface area contributed by atoms with Gasteiger partial charge in [0.05, 0.1) is 11.7 Å². The van der Waals surface area contributed by atoms with Crippen LogP contribution >= 0.6 is 0 Å². The highest BCUT2D eigenvalue weighted by atomic mass is 16.5. The molecule has 0 saturated heterocycles. The minimum atomic E-state index is -0.609. The van der Waals surface area contributed by atoms with Crippen LogP contribution in [0.1, 0.15) is 34.1 Å². The van der Waals surface area contributed by atoms with Crippen molar-refractivity contribution in [2.24, 2.45) is 0 Å². The normalized spacial score (nSPS) is 20.8. The van der Waals surface area contributed by atoms with Gasteiger partial charge in [0.1, 0.15) is 0 Å². The molecule has 80 valence electrons. The van der Waals surface area contributed by atoms with Gasteiger partial charge in [-0.3, -0.25) is 0 Å². The predicted octanol–water partition coefficient (Wildman–Crippen LogP) is 1.16. The van der Waals surface area contributed by atoms with Crippen LogP contribution in [0.3, 0.4) is 0 Å². The van der Waals surface area contributed by atoms with Crippen molar-refractivity contribution < 1.29 is 9.84 Å². The molecule has 2 N–H and O–H groups in total. The van der Waals surface area contributed by atoms with Gasteiger partial charge in [-0.1, -0.05) is 6.92 Å². The van der Waals surface area contributed by atoms with E-state index in [1.54, 1.807) is 7.11 Å². The zero-order valence-electron chi connectivity index (χ0n) is 9.42. The molecule has 0 aliphatic carbocycles. The Morgan fingerprint density at radius 1 is 1.46 bits per heavy atom. The van der Waals surface area contributed by atoms with Crippen LogP contribution in [-0.2, 0) is 4.74 Å². The molecule has 0 rings (SSSR count). The van der Waals surface area contributed by atoms with E-state index >= 15 is 0 Å². The fraction of sp³-hybridized carbons (Fsp3) is 1.00. The predicted molar refractivity (Wildman–Crippen MR) is 54.9 cm³/mol. The first-order chi connectivity index (χ1) is 5.93. The van der Waals surface area contributed by atoms with Crippen LogP contribution in [0.5, 0.6) is 0 Å². The van der Waals surface area contributed by atoms with E-state index in [1.165, 1.54) is 0 Å². The van der Waals surface area contributed by atoms with Crippen LogP contribution in [0.25, 0.3) is 0 Å². The lowest BCUT2D eigenvalue weighted by molar-refractivity contribution is 0.0384. The molecule has 0 saturated carbocycles. The Morgan fingerprint density at radius 3 is 2.38 bits per heavy atom. The van der Waals surface area contributed by atoms with E-state index in [0.29, 0.717) is 6.54 Å². The van der Waals surface area contributed by atoms with Gasteiger partial charge >= 0.3 is 0 Å². The van der Waals surface area contributed by atoms with Gasteiger partial charge in [-0.05, 0) is 27.2 Å². The molecule has 0 spiro atoms. The molecule has 3 unspecified atom stereocenters. The highest BCUT2D eigenvalue weighted by molar-refractivity contribution is 4.77. The van der Waals surface area contributed by atoms with Crippen molar-refractivity contribution in [3.63, 3.8) is 0 Å². The lowest BCUT2D eigenvalue weighted by Crippen LogP contribution is -2.45. The average molecular weight is 189 g/mol. The second-order valence-electron chi connectivity index (χ2n) is 3.96. The molecular weight excluding hydrogens is 166 g/mol. The topological polar surface area (TPSA) is 41.5 Å². The molecule has 0 heterocycles. The van der Waals surface area contributed by atoms with Crippen LogP contribution < -0.4 is 5.32 Å². The first-order valence-electron chi connectivity index (χ1n) is 4.91. The molecule has 3 atom stereocenters. The Bertz CT molecular complexity index is 137. The fourth-order valence-electron chi connectivity index (χ4n) is 0.876. The third-order valence-electron chi connectivity index (χ3n) is 2.64. The van der Waals surface area contributed by atoms with Gasteiger partial charge in [0.25, 0.3) is 0 Å². The SMILES string of the molecule is CCC(C)(O)CNC(C)C(C)OC. The minimum absolute atomic E-state index is 0.174. The number of hydrogen-bond acceptors (Lipinski definition) is 3. The summed E-state index contributed by atoms with van der Waals surface area (Å²) in [6, 6.07) is 0.267. The molecular formula is C10H23NO2. The van der Waals surface area contributed by atoms with Gasteiger partial charge in [0, 0.05) is 19.7 Å². The Morgan fingerprint density at radius 2 is 2.00 bits per heavy atom. The molecule has 0 fully saturated rings. The summed E-state index contributed by atoms with van der Waals surface area (Å²) < 4.78 is 5.17. The summed E-state index contributed by atoms with van der Waals surface area (Å²) in [6.45, 7) is 8.49. The number of nitrogens with one attached hydrogen (secondary N) is 1. The molecule has 0 aliphatic heterocycles. The van der Waals surface area contributed by atoms with E-state index in [9.17, 15) is 5.11 Å². The molecule has 3 nitrogen and oxygen atoms in total. The summed E-state index contributed by atoms with van der Waals surface area (Å²) in [5.41, 5.74) is -0.609. The lowest BCUT2D eigenvalue weighted by Gasteiger charge is -2.26. The number of ether oxygens (including phenoxy) is 1. The molecule has 0 bridgehead atoms. The van der Waals surface area contributed by atoms with E-state index in [1.807, 2.05) is 20.8 Å². The van der Waals surface area contributed by atoms with Gasteiger partial charge in [-0.25, -0.2) is 0 Å². The van der Waals surface area contributed by atoms with Crippen LogP contribution in [0.4, 0.5) is 0 Å². The Labute approximate surface area is 81.5 Å². The van der Waals surface area contributed by atoms with Crippen molar-refractivity contribution >= 4 is 0 Å². The third kappa shape index (κ3) is 5.24. The molecule has 3 heteroatoms. The highest BCUT2D eigenvalue weighted by Gasteiger charge is 2.19. The Hall–Kier alpha value is -0.120. The van der Waals surface area contributed by atoms with Crippen molar-refractivity contribution in [3.05, 3.63) is 0 Å². The van der Waals surface area contributed by atoms with Gasteiger partial charge in [-0.15, -0.1) is 0 Å². The van der Waals surface area contributed by atoms with Crippen molar-refractivity contribution in [2.75, 3.05) is 13.7 Å². The maximum absolute atomic E-state index is 9.72. The number of aliphatic hydroxyl groups is 1. The van der Waals surface area contributed by atoms with Crippen molar-refractivity contribution in [1.29, 1.82) is 0 Å². The molecule has 0 amide bonds. The van der Waals surface area contributed by atoms with E-state index in [2.05, 4.69) is 12.2 Å². The van der Waals surface area contributed by atoms with E-state index in [0.717, 1.165) is 6.42 Å². The minimum Gasteiger partial charge on any atom is -0.389 e. The fourth-order valence-corrected chi connectivity index (χ4v) is 0.876. The maximum atomic E-state index is 9.72. The summed E-state index contributed by atoms with van der Waals surface area (Å²) in [4.78, 5) is 0. The van der Waals surface area contributed by atoms with Gasteiger partial charge < -0.3 is 15.2 Å². The summed E-state index contributed by atoms with van der Waals surface area (Å²) in [5.74, 6) is 0. The Balaban J connectivity index is 3.75. The van der Waals surface area contributed by atoms with Gasteiger partial charge in [0.15, 0.2) is 0 Å². The summed E-state index contributed by atoms with van der Waals surface area (Å²) in [5, 5.41) is 13.0. The van der Waals surface area contributed by atoms with E-state index in [-0.39, 0.29) is 12.1 Å². The molecule has 0 aromatic heterocycles. The smallest absolute Gasteiger partial charge is 0.0741 e. The van der Waals surface area contributed by atoms with Crippen LogP contribution in [0, 0.1) is 0 Å². The highest BCUT2D eigenvalue weighted by Crippen LogP contribution is 2.07. The number of rotatable bonds is 6. The average Bonchev–Trinajstić information content (AvgIpc) is 2.13. The second kappa shape index (κ2) is 5.58. The van der Waals surface area contributed by atoms with E-state index in [4.69, 9.17) is 4.74 Å². The van der Waals surface area contributed by atoms with E-state index < -0.39 is 5.60 Å². The molecule has 0 aromatic rings. The van der Waals surface area contributed by atoms with Crippen molar-refractivity contribution in [2.45, 2.75) is 51.9 Å². The number of hydrogen-bond donors (Lipinski definition) is 2. The summed E-state index contributed by atoms with van der Waals surface area (Å²) >= 11 is 0. The molecule has 0 aromatic carbocycles. The molecule has 13 heavy (non-hydrogen) atoms. The quantitative estimate of drug-likeness (QED) is 0.659. The lowest BCUT2D eigenvalue weighted by atomic mass is 10.0.